The molecule has 1 aromatic heterocycles. The van der Waals surface area contributed by atoms with Crippen LogP contribution in [0.15, 0.2) is 79.3 Å². The summed E-state index contributed by atoms with van der Waals surface area (Å²) < 4.78 is 0. The smallest absolute Gasteiger partial charge is 0.0644 e. The van der Waals surface area contributed by atoms with Crippen molar-refractivity contribution < 1.29 is 0 Å². The van der Waals surface area contributed by atoms with Crippen LogP contribution < -0.4 is 4.90 Å². The molecule has 0 atom stereocenters. The summed E-state index contributed by atoms with van der Waals surface area (Å²) in [5, 5.41) is 0. The van der Waals surface area contributed by atoms with E-state index in [4.69, 9.17) is 0 Å². The van der Waals surface area contributed by atoms with Crippen LogP contribution in [-0.2, 0) is 0 Å². The Morgan fingerprint density at radius 2 is 1.83 bits per heavy atom. The quantitative estimate of drug-likeness (QED) is 0.735. The lowest BCUT2D eigenvalue weighted by Gasteiger charge is -2.24. The maximum atomic E-state index is 4.17. The molecule has 0 unspecified atom stereocenters. The predicted molar refractivity (Wildman–Crippen MR) is 76.8 cm³/mol. The lowest BCUT2D eigenvalue weighted by molar-refractivity contribution is 1.18. The van der Waals surface area contributed by atoms with Gasteiger partial charge in [-0.1, -0.05) is 30.9 Å². The van der Waals surface area contributed by atoms with Gasteiger partial charge in [0.2, 0.25) is 0 Å². The molecule has 2 heteroatoms. The van der Waals surface area contributed by atoms with E-state index in [9.17, 15) is 0 Å². The maximum Gasteiger partial charge on any atom is 0.0644 e. The van der Waals surface area contributed by atoms with Crippen molar-refractivity contribution in [1.29, 1.82) is 0 Å². The second-order valence-corrected chi connectivity index (χ2v) is 3.87. The van der Waals surface area contributed by atoms with Crippen molar-refractivity contribution in [3.63, 3.8) is 0 Å². The Kier molecular flexibility index (Phi) is 3.92. The van der Waals surface area contributed by atoms with E-state index in [2.05, 4.69) is 28.6 Å². The fourth-order valence-corrected chi connectivity index (χ4v) is 1.81. The van der Waals surface area contributed by atoms with Crippen LogP contribution in [0.4, 0.5) is 11.4 Å². The molecule has 0 fully saturated rings. The monoisotopic (exact) mass is 236 g/mol. The molecule has 2 rings (SSSR count). The summed E-state index contributed by atoms with van der Waals surface area (Å²) in [6, 6.07) is 14.1. The van der Waals surface area contributed by atoms with E-state index >= 15 is 0 Å². The Labute approximate surface area is 108 Å². The van der Waals surface area contributed by atoms with Gasteiger partial charge in [0.15, 0.2) is 0 Å². The Morgan fingerprint density at radius 3 is 2.44 bits per heavy atom. The number of pyridine rings is 1. The number of hydrogen-bond donors (Lipinski definition) is 0. The number of rotatable bonds is 4. The number of allylic oxidation sites excluding steroid dienone is 2. The number of hydrogen-bond acceptors (Lipinski definition) is 2. The van der Waals surface area contributed by atoms with E-state index in [1.165, 1.54) is 0 Å². The summed E-state index contributed by atoms with van der Waals surface area (Å²) >= 11 is 0. The van der Waals surface area contributed by atoms with E-state index < -0.39 is 0 Å². The van der Waals surface area contributed by atoms with E-state index in [-0.39, 0.29) is 0 Å². The van der Waals surface area contributed by atoms with E-state index in [0.29, 0.717) is 0 Å². The zero-order valence-electron chi connectivity index (χ0n) is 10.5. The molecule has 2 nitrogen and oxygen atoms in total. The lowest BCUT2D eigenvalue weighted by Crippen LogP contribution is -2.14. The highest BCUT2D eigenvalue weighted by molar-refractivity contribution is 5.68. The minimum atomic E-state index is 0.914. The molecular formula is C16H16N2. The third-order valence-electron chi connectivity index (χ3n) is 2.56. The summed E-state index contributed by atoms with van der Waals surface area (Å²) in [5.74, 6) is 0. The predicted octanol–water partition coefficient (Wildman–Crippen LogP) is 4.31. The van der Waals surface area contributed by atoms with Gasteiger partial charge in [0, 0.05) is 17.6 Å². The molecule has 0 spiro atoms. The Bertz CT molecular complexity index is 490. The van der Waals surface area contributed by atoms with Crippen molar-refractivity contribution in [3.05, 3.63) is 79.3 Å². The van der Waals surface area contributed by atoms with Crippen molar-refractivity contribution in [2.75, 3.05) is 4.90 Å². The van der Waals surface area contributed by atoms with Gasteiger partial charge in [0.1, 0.15) is 0 Å². The molecule has 0 saturated heterocycles. The van der Waals surface area contributed by atoms with Crippen molar-refractivity contribution in [2.24, 2.45) is 0 Å². The Hall–Kier alpha value is -2.35. The van der Waals surface area contributed by atoms with Crippen molar-refractivity contribution >= 4 is 11.4 Å². The lowest BCUT2D eigenvalue weighted by atomic mass is 10.2. The van der Waals surface area contributed by atoms with Gasteiger partial charge in [0.05, 0.1) is 11.9 Å². The fraction of sp³-hybridized carbons (Fsp3) is 0.0625. The van der Waals surface area contributed by atoms with Gasteiger partial charge < -0.3 is 4.90 Å². The highest BCUT2D eigenvalue weighted by Gasteiger charge is 2.10. The van der Waals surface area contributed by atoms with Crippen molar-refractivity contribution in [3.8, 4) is 0 Å². The average molecular weight is 236 g/mol. The van der Waals surface area contributed by atoms with Crippen LogP contribution in [0.5, 0.6) is 0 Å². The first-order chi connectivity index (χ1) is 8.83. The van der Waals surface area contributed by atoms with Crippen molar-refractivity contribution in [2.45, 2.75) is 6.92 Å². The number of para-hydroxylation sites is 1. The average Bonchev–Trinajstić information content (AvgIpc) is 2.42. The number of nitrogens with zero attached hydrogens (tertiary/aromatic N) is 2. The zero-order valence-corrected chi connectivity index (χ0v) is 10.5. The minimum Gasteiger partial charge on any atom is -0.310 e. The molecule has 90 valence electrons. The molecule has 0 aliphatic rings. The molecule has 0 amide bonds. The first-order valence-electron chi connectivity index (χ1n) is 5.89. The molecule has 0 radical (unpaired) electrons. The number of anilines is 2. The largest absolute Gasteiger partial charge is 0.310 e. The molecule has 0 aliphatic carbocycles. The van der Waals surface area contributed by atoms with Gasteiger partial charge in [-0.2, -0.15) is 0 Å². The highest BCUT2D eigenvalue weighted by atomic mass is 15.1. The topological polar surface area (TPSA) is 16.1 Å². The van der Waals surface area contributed by atoms with Crippen LogP contribution in [0, 0.1) is 0 Å². The van der Waals surface area contributed by atoms with Crippen LogP contribution in [0.1, 0.15) is 6.92 Å². The Balaban J connectivity index is 2.45. The van der Waals surface area contributed by atoms with Crippen LogP contribution in [-0.4, -0.2) is 4.98 Å². The standard InChI is InChI=1S/C16H16N2/c1-3-8-14(2)18(15-9-5-4-6-10-15)16-11-7-12-17-13-16/h3-13H,2H2,1H3/b8-3-. The van der Waals surface area contributed by atoms with Crippen molar-refractivity contribution in [1.82, 2.24) is 4.98 Å². The summed E-state index contributed by atoms with van der Waals surface area (Å²) in [7, 11) is 0. The van der Waals surface area contributed by atoms with Crippen LogP contribution in [0.3, 0.4) is 0 Å². The van der Waals surface area contributed by atoms with Crippen LogP contribution in [0.2, 0.25) is 0 Å². The van der Waals surface area contributed by atoms with Gasteiger partial charge in [-0.25, -0.2) is 0 Å². The minimum absolute atomic E-state index is 0.914. The van der Waals surface area contributed by atoms with E-state index in [1.54, 1.807) is 6.20 Å². The SMILES string of the molecule is C=C(/C=C\C)N(c1ccccc1)c1cccnc1. The molecular weight excluding hydrogens is 220 g/mol. The van der Waals surface area contributed by atoms with Gasteiger partial charge in [-0.3, -0.25) is 4.98 Å². The van der Waals surface area contributed by atoms with Crippen LogP contribution in [0.25, 0.3) is 0 Å². The third-order valence-corrected chi connectivity index (χ3v) is 2.56. The zero-order chi connectivity index (χ0) is 12.8. The van der Waals surface area contributed by atoms with E-state index in [1.807, 2.05) is 55.6 Å². The molecule has 1 heterocycles. The Morgan fingerprint density at radius 1 is 1.11 bits per heavy atom. The first kappa shape index (κ1) is 12.1. The van der Waals surface area contributed by atoms with E-state index in [0.717, 1.165) is 17.1 Å². The molecule has 2 aromatic rings. The van der Waals surface area contributed by atoms with Gasteiger partial charge in [-0.15, -0.1) is 0 Å². The first-order valence-corrected chi connectivity index (χ1v) is 5.89. The molecule has 0 N–H and O–H groups in total. The second kappa shape index (κ2) is 5.82. The van der Waals surface area contributed by atoms with Gasteiger partial charge in [-0.05, 0) is 37.3 Å². The number of benzene rings is 1. The molecule has 0 bridgehead atoms. The second-order valence-electron chi connectivity index (χ2n) is 3.87. The molecule has 0 aliphatic heterocycles. The van der Waals surface area contributed by atoms with Gasteiger partial charge in [0.25, 0.3) is 0 Å². The highest BCUT2D eigenvalue weighted by Crippen LogP contribution is 2.28. The summed E-state index contributed by atoms with van der Waals surface area (Å²) in [6.45, 7) is 6.09. The van der Waals surface area contributed by atoms with Gasteiger partial charge >= 0.3 is 0 Å². The summed E-state index contributed by atoms with van der Waals surface area (Å²) in [4.78, 5) is 6.24. The van der Waals surface area contributed by atoms with Crippen LogP contribution >= 0.6 is 0 Å². The number of aromatic nitrogens is 1. The molecule has 1 aromatic carbocycles. The maximum absolute atomic E-state index is 4.17. The third kappa shape index (κ3) is 2.66. The molecule has 0 saturated carbocycles. The summed E-state index contributed by atoms with van der Waals surface area (Å²) in [5.41, 5.74) is 3.00. The fourth-order valence-electron chi connectivity index (χ4n) is 1.81. The molecule has 18 heavy (non-hydrogen) atoms. The normalized spacial score (nSPS) is 10.5. The summed E-state index contributed by atoms with van der Waals surface area (Å²) in [6.07, 6.45) is 7.57.